The van der Waals surface area contributed by atoms with E-state index in [1.807, 2.05) is 0 Å². The molecule has 0 radical (unpaired) electrons. The average Bonchev–Trinajstić information content (AvgIpc) is 2.75. The summed E-state index contributed by atoms with van der Waals surface area (Å²) in [5.74, 6) is 1.37. The van der Waals surface area contributed by atoms with Gasteiger partial charge >= 0.3 is 0 Å². The van der Waals surface area contributed by atoms with E-state index in [0.717, 1.165) is 5.25 Å². The Bertz CT molecular complexity index is 231. The van der Waals surface area contributed by atoms with Crippen LogP contribution in [-0.2, 0) is 0 Å². The molecule has 0 aromatic rings. The lowest BCUT2D eigenvalue weighted by molar-refractivity contribution is 0.537. The molecular formula is C14H25NS. The van der Waals surface area contributed by atoms with Gasteiger partial charge in [0.05, 0.1) is 0 Å². The molecule has 1 N–H and O–H groups in total. The fraction of sp³-hybridized carbons (Fsp3) is 0.857. The van der Waals surface area contributed by atoms with Gasteiger partial charge in [-0.25, -0.2) is 0 Å². The van der Waals surface area contributed by atoms with Crippen LogP contribution in [0.4, 0.5) is 0 Å². The number of hydrogen-bond donors (Lipinski definition) is 1. The first-order chi connectivity index (χ1) is 7.92. The van der Waals surface area contributed by atoms with Gasteiger partial charge in [-0.1, -0.05) is 24.5 Å². The third kappa shape index (κ3) is 3.27. The van der Waals surface area contributed by atoms with E-state index >= 15 is 0 Å². The minimum atomic E-state index is 0.658. The van der Waals surface area contributed by atoms with Crippen molar-refractivity contribution < 1.29 is 0 Å². The molecule has 2 rings (SSSR count). The van der Waals surface area contributed by atoms with Gasteiger partial charge in [0.25, 0.3) is 0 Å². The molecule has 1 nitrogen and oxygen atoms in total. The molecule has 0 aromatic heterocycles. The van der Waals surface area contributed by atoms with E-state index in [0.29, 0.717) is 6.04 Å². The molecule has 0 aromatic carbocycles. The van der Waals surface area contributed by atoms with Crippen LogP contribution < -0.4 is 5.32 Å². The predicted molar refractivity (Wildman–Crippen MR) is 74.1 cm³/mol. The Labute approximate surface area is 104 Å². The van der Waals surface area contributed by atoms with Crippen LogP contribution in [0.15, 0.2) is 11.6 Å². The zero-order chi connectivity index (χ0) is 11.2. The van der Waals surface area contributed by atoms with Crippen molar-refractivity contribution in [1.29, 1.82) is 0 Å². The Kier molecular flexibility index (Phi) is 5.24. The van der Waals surface area contributed by atoms with Crippen LogP contribution in [0.3, 0.4) is 0 Å². The summed E-state index contributed by atoms with van der Waals surface area (Å²) in [5, 5.41) is 4.42. The van der Waals surface area contributed by atoms with E-state index < -0.39 is 0 Å². The van der Waals surface area contributed by atoms with Crippen molar-refractivity contribution in [3.63, 3.8) is 0 Å². The molecule has 1 aliphatic heterocycles. The van der Waals surface area contributed by atoms with Gasteiger partial charge in [0.1, 0.15) is 0 Å². The number of allylic oxidation sites excluding steroid dienone is 1. The molecule has 0 amide bonds. The zero-order valence-corrected chi connectivity index (χ0v) is 11.3. The van der Waals surface area contributed by atoms with Gasteiger partial charge in [-0.2, -0.15) is 11.8 Å². The fourth-order valence-corrected chi connectivity index (χ4v) is 4.45. The van der Waals surface area contributed by atoms with E-state index in [1.54, 1.807) is 5.57 Å². The maximum atomic E-state index is 3.57. The van der Waals surface area contributed by atoms with Gasteiger partial charge in [0.15, 0.2) is 0 Å². The molecular weight excluding hydrogens is 214 g/mol. The molecule has 2 unspecified atom stereocenters. The van der Waals surface area contributed by atoms with Gasteiger partial charge in [-0.15, -0.1) is 0 Å². The standard InChI is InChI=1S/C14H25NS/c1-15-14(13-10-7-11-16-13)12-8-5-3-2-4-6-9-12/h8,13-15H,2-7,9-11H2,1H3. The molecule has 2 atom stereocenters. The van der Waals surface area contributed by atoms with Crippen molar-refractivity contribution >= 4 is 11.8 Å². The summed E-state index contributed by atoms with van der Waals surface area (Å²) in [6.07, 6.45) is 13.7. The molecule has 2 aliphatic rings. The van der Waals surface area contributed by atoms with Gasteiger partial charge in [-0.05, 0) is 51.3 Å². The molecule has 92 valence electrons. The lowest BCUT2D eigenvalue weighted by atomic mass is 9.92. The van der Waals surface area contributed by atoms with Crippen LogP contribution in [-0.4, -0.2) is 24.1 Å². The van der Waals surface area contributed by atoms with Crippen molar-refractivity contribution in [1.82, 2.24) is 5.32 Å². The normalized spacial score (nSPS) is 29.3. The second kappa shape index (κ2) is 6.70. The highest BCUT2D eigenvalue weighted by Crippen LogP contribution is 2.33. The monoisotopic (exact) mass is 239 g/mol. The van der Waals surface area contributed by atoms with E-state index in [1.165, 1.54) is 57.1 Å². The predicted octanol–water partition coefficient (Wildman–Crippen LogP) is 3.75. The first-order valence-electron chi connectivity index (χ1n) is 6.89. The summed E-state index contributed by atoms with van der Waals surface area (Å²) in [5.41, 5.74) is 1.71. The SMILES string of the molecule is CNC(C1=CCCCCCC1)C1CCCS1. The Morgan fingerprint density at radius 3 is 2.88 bits per heavy atom. The molecule has 1 aliphatic carbocycles. The van der Waals surface area contributed by atoms with Gasteiger partial charge < -0.3 is 5.32 Å². The highest BCUT2D eigenvalue weighted by Gasteiger charge is 2.26. The molecule has 1 fully saturated rings. The first kappa shape index (κ1) is 12.5. The maximum absolute atomic E-state index is 3.57. The van der Waals surface area contributed by atoms with E-state index in [9.17, 15) is 0 Å². The van der Waals surface area contributed by atoms with Gasteiger partial charge in [-0.3, -0.25) is 0 Å². The van der Waals surface area contributed by atoms with Crippen LogP contribution in [0.2, 0.25) is 0 Å². The Hall–Kier alpha value is 0.0500. The number of nitrogens with one attached hydrogen (secondary N) is 1. The van der Waals surface area contributed by atoms with Crippen LogP contribution in [0, 0.1) is 0 Å². The lowest BCUT2D eigenvalue weighted by Gasteiger charge is -2.26. The summed E-state index contributed by atoms with van der Waals surface area (Å²) in [6, 6.07) is 0.658. The van der Waals surface area contributed by atoms with Crippen LogP contribution in [0.5, 0.6) is 0 Å². The summed E-state index contributed by atoms with van der Waals surface area (Å²) < 4.78 is 0. The maximum Gasteiger partial charge on any atom is 0.0397 e. The number of likely N-dealkylation sites (N-methyl/N-ethyl adjacent to an activating group) is 1. The average molecular weight is 239 g/mol. The highest BCUT2D eigenvalue weighted by molar-refractivity contribution is 8.00. The number of hydrogen-bond acceptors (Lipinski definition) is 2. The second-order valence-corrected chi connectivity index (χ2v) is 6.40. The number of thioether (sulfide) groups is 1. The minimum Gasteiger partial charge on any atom is -0.312 e. The molecule has 0 spiro atoms. The third-order valence-corrected chi connectivity index (χ3v) is 5.33. The van der Waals surface area contributed by atoms with Crippen LogP contribution >= 0.6 is 11.8 Å². The zero-order valence-electron chi connectivity index (χ0n) is 10.5. The van der Waals surface area contributed by atoms with Crippen molar-refractivity contribution in [3.8, 4) is 0 Å². The second-order valence-electron chi connectivity index (χ2n) is 5.05. The quantitative estimate of drug-likeness (QED) is 0.753. The molecule has 1 saturated heterocycles. The molecule has 2 heteroatoms. The van der Waals surface area contributed by atoms with E-state index in [4.69, 9.17) is 0 Å². The highest BCUT2D eigenvalue weighted by atomic mass is 32.2. The van der Waals surface area contributed by atoms with Gasteiger partial charge in [0, 0.05) is 11.3 Å². The Morgan fingerprint density at radius 2 is 2.12 bits per heavy atom. The fourth-order valence-electron chi connectivity index (χ4n) is 2.97. The van der Waals surface area contributed by atoms with Gasteiger partial charge in [0.2, 0.25) is 0 Å². The minimum absolute atomic E-state index is 0.658. The van der Waals surface area contributed by atoms with Crippen molar-refractivity contribution in [2.24, 2.45) is 0 Å². The topological polar surface area (TPSA) is 12.0 Å². The molecule has 1 heterocycles. The summed E-state index contributed by atoms with van der Waals surface area (Å²) in [7, 11) is 2.14. The largest absolute Gasteiger partial charge is 0.312 e. The lowest BCUT2D eigenvalue weighted by Crippen LogP contribution is -2.36. The third-order valence-electron chi connectivity index (χ3n) is 3.87. The van der Waals surface area contributed by atoms with Crippen molar-refractivity contribution in [2.45, 2.75) is 62.7 Å². The smallest absolute Gasteiger partial charge is 0.0397 e. The Balaban J connectivity index is 1.99. The van der Waals surface area contributed by atoms with Crippen molar-refractivity contribution in [3.05, 3.63) is 11.6 Å². The van der Waals surface area contributed by atoms with E-state index in [-0.39, 0.29) is 0 Å². The Morgan fingerprint density at radius 1 is 1.25 bits per heavy atom. The molecule has 0 bridgehead atoms. The van der Waals surface area contributed by atoms with E-state index in [2.05, 4.69) is 30.2 Å². The molecule has 0 saturated carbocycles. The van der Waals surface area contributed by atoms with Crippen LogP contribution in [0.1, 0.15) is 51.4 Å². The summed E-state index contributed by atoms with van der Waals surface area (Å²) >= 11 is 2.18. The number of rotatable bonds is 3. The van der Waals surface area contributed by atoms with Crippen molar-refractivity contribution in [2.75, 3.05) is 12.8 Å². The van der Waals surface area contributed by atoms with Crippen LogP contribution in [0.25, 0.3) is 0 Å². The summed E-state index contributed by atoms with van der Waals surface area (Å²) in [6.45, 7) is 0. The molecule has 16 heavy (non-hydrogen) atoms. The first-order valence-corrected chi connectivity index (χ1v) is 7.94. The summed E-state index contributed by atoms with van der Waals surface area (Å²) in [4.78, 5) is 0.